The number of aliphatic hydroxyl groups is 1. The monoisotopic (exact) mass is 482 g/mol. The van der Waals surface area contributed by atoms with Crippen LogP contribution in [0.15, 0.2) is 48.5 Å². The van der Waals surface area contributed by atoms with Crippen LogP contribution in [0.5, 0.6) is 11.5 Å². The lowest BCUT2D eigenvalue weighted by Gasteiger charge is -2.34. The number of nitrogens with one attached hydrogen (secondary N) is 1. The first-order chi connectivity index (χ1) is 16.6. The zero-order valence-electron chi connectivity index (χ0n) is 20.1. The van der Waals surface area contributed by atoms with Crippen LogP contribution in [0.25, 0.3) is 0 Å². The van der Waals surface area contributed by atoms with Gasteiger partial charge in [0.1, 0.15) is 6.61 Å². The van der Waals surface area contributed by atoms with Crippen molar-refractivity contribution in [3.63, 3.8) is 0 Å². The van der Waals surface area contributed by atoms with Gasteiger partial charge in [-0.25, -0.2) is 0 Å². The number of carbonyl (C=O) groups excluding carboxylic acids is 2. The van der Waals surface area contributed by atoms with Crippen LogP contribution < -0.4 is 14.8 Å². The number of aliphatic hydroxyl groups excluding tert-OH is 1. The fourth-order valence-corrected chi connectivity index (χ4v) is 5.16. The first kappa shape index (κ1) is 24.7. The van der Waals surface area contributed by atoms with E-state index < -0.39 is 53.3 Å². The van der Waals surface area contributed by atoms with E-state index in [9.17, 15) is 24.6 Å². The van der Waals surface area contributed by atoms with Gasteiger partial charge in [0, 0.05) is 17.1 Å². The molecule has 0 radical (unpaired) electrons. The Bertz CT molecular complexity index is 1140. The highest BCUT2D eigenvalue weighted by molar-refractivity contribution is 6.10. The second-order valence-corrected chi connectivity index (χ2v) is 9.90. The Morgan fingerprint density at radius 1 is 1.09 bits per heavy atom. The van der Waals surface area contributed by atoms with Crippen LogP contribution in [0.4, 0.5) is 0 Å². The maximum absolute atomic E-state index is 13.6. The van der Waals surface area contributed by atoms with E-state index in [2.05, 4.69) is 5.32 Å². The van der Waals surface area contributed by atoms with Gasteiger partial charge in [-0.1, -0.05) is 42.5 Å². The number of methoxy groups -OCH3 is 1. The van der Waals surface area contributed by atoms with Crippen LogP contribution in [0, 0.1) is 11.8 Å². The van der Waals surface area contributed by atoms with Crippen LogP contribution in [0.3, 0.4) is 0 Å². The van der Waals surface area contributed by atoms with Crippen molar-refractivity contribution >= 4 is 17.8 Å². The zero-order chi connectivity index (χ0) is 25.5. The summed E-state index contributed by atoms with van der Waals surface area (Å²) in [6.07, 6.45) is 0. The van der Waals surface area contributed by atoms with Gasteiger partial charge in [-0.3, -0.25) is 24.6 Å². The van der Waals surface area contributed by atoms with Crippen molar-refractivity contribution in [1.82, 2.24) is 10.2 Å². The van der Waals surface area contributed by atoms with E-state index in [-0.39, 0.29) is 6.61 Å². The molecule has 2 aliphatic rings. The van der Waals surface area contributed by atoms with Gasteiger partial charge in [0.05, 0.1) is 25.6 Å². The number of para-hydroxylation sites is 1. The molecule has 2 heterocycles. The summed E-state index contributed by atoms with van der Waals surface area (Å²) in [5.41, 5.74) is -1.50. The van der Waals surface area contributed by atoms with E-state index >= 15 is 0 Å². The molecule has 0 aliphatic carbocycles. The normalized spacial score (nSPS) is 26.1. The summed E-state index contributed by atoms with van der Waals surface area (Å²) in [5.74, 6) is -4.09. The lowest BCUT2D eigenvalue weighted by molar-refractivity contribution is -0.155. The highest BCUT2D eigenvalue weighted by atomic mass is 16.5. The van der Waals surface area contributed by atoms with Crippen LogP contribution in [-0.4, -0.2) is 57.7 Å². The molecule has 0 bridgehead atoms. The van der Waals surface area contributed by atoms with Crippen molar-refractivity contribution < 1.29 is 34.1 Å². The lowest BCUT2D eigenvalue weighted by atomic mass is 9.79. The molecule has 3 N–H and O–H groups in total. The molecule has 2 aromatic rings. The van der Waals surface area contributed by atoms with Crippen molar-refractivity contribution in [2.75, 3.05) is 13.7 Å². The summed E-state index contributed by atoms with van der Waals surface area (Å²) in [6, 6.07) is 13.7. The third-order valence-electron chi connectivity index (χ3n) is 6.75. The molecule has 4 unspecified atom stereocenters. The average Bonchev–Trinajstić information content (AvgIpc) is 3.32. The number of imide groups is 1. The number of benzene rings is 2. The molecule has 2 fully saturated rings. The van der Waals surface area contributed by atoms with Crippen molar-refractivity contribution in [2.24, 2.45) is 11.8 Å². The summed E-state index contributed by atoms with van der Waals surface area (Å²) in [7, 11) is 1.49. The molecule has 4 rings (SSSR count). The number of carboxylic acids is 1. The molecule has 0 aromatic heterocycles. The summed E-state index contributed by atoms with van der Waals surface area (Å²) >= 11 is 0. The third-order valence-corrected chi connectivity index (χ3v) is 6.75. The first-order valence-electron chi connectivity index (χ1n) is 11.4. The van der Waals surface area contributed by atoms with E-state index in [0.29, 0.717) is 17.1 Å². The van der Waals surface area contributed by atoms with Crippen molar-refractivity contribution in [3.8, 4) is 11.5 Å². The quantitative estimate of drug-likeness (QED) is 0.513. The number of aliphatic carboxylic acids is 1. The Kier molecular flexibility index (Phi) is 6.33. The predicted octanol–water partition coefficient (Wildman–Crippen LogP) is 2.13. The molecule has 2 aromatic carbocycles. The van der Waals surface area contributed by atoms with Gasteiger partial charge in [0.25, 0.3) is 0 Å². The molecule has 2 aliphatic heterocycles. The van der Waals surface area contributed by atoms with Gasteiger partial charge in [-0.05, 0) is 32.4 Å². The lowest BCUT2D eigenvalue weighted by Crippen LogP contribution is -2.59. The van der Waals surface area contributed by atoms with E-state index in [1.54, 1.807) is 39.0 Å². The molecule has 9 heteroatoms. The fourth-order valence-electron chi connectivity index (χ4n) is 5.16. The Morgan fingerprint density at radius 2 is 1.77 bits per heavy atom. The summed E-state index contributed by atoms with van der Waals surface area (Å²) < 4.78 is 11.7. The Hall–Kier alpha value is -3.43. The van der Waals surface area contributed by atoms with Gasteiger partial charge < -0.3 is 19.7 Å². The number of carboxylic acid groups (broad SMARTS) is 1. The maximum atomic E-state index is 13.6. The molecule has 2 amide bonds. The number of amides is 2. The molecular formula is C26H30N2O7. The number of hydrogen-bond acceptors (Lipinski definition) is 7. The van der Waals surface area contributed by atoms with Gasteiger partial charge in [-0.2, -0.15) is 0 Å². The Balaban J connectivity index is 1.83. The van der Waals surface area contributed by atoms with Gasteiger partial charge in [0.15, 0.2) is 17.0 Å². The highest BCUT2D eigenvalue weighted by Gasteiger charge is 2.69. The average molecular weight is 483 g/mol. The number of nitrogens with zero attached hydrogens (tertiary/aromatic N) is 1. The standard InChI is InChI=1S/C26H30N2O7/c1-25(2,3)28-22(30)18-19(23(28)31)26(14-29,24(32)33)27-20(18)16-11-8-12-17(34-4)21(16)35-13-15-9-6-5-7-10-15/h5-12,18-20,27,29H,13-14H2,1-4H3,(H,32,33). The van der Waals surface area contributed by atoms with Crippen molar-refractivity contribution in [3.05, 3.63) is 59.7 Å². The zero-order valence-corrected chi connectivity index (χ0v) is 20.1. The Morgan fingerprint density at radius 3 is 2.34 bits per heavy atom. The molecule has 9 nitrogen and oxygen atoms in total. The molecule has 0 saturated carbocycles. The predicted molar refractivity (Wildman–Crippen MR) is 126 cm³/mol. The first-order valence-corrected chi connectivity index (χ1v) is 11.4. The number of ether oxygens (including phenoxy) is 2. The largest absolute Gasteiger partial charge is 0.493 e. The third kappa shape index (κ3) is 3.94. The van der Waals surface area contributed by atoms with Crippen LogP contribution in [0.1, 0.15) is 37.9 Å². The Labute approximate surface area is 203 Å². The van der Waals surface area contributed by atoms with Crippen molar-refractivity contribution in [2.45, 2.75) is 44.5 Å². The summed E-state index contributed by atoms with van der Waals surface area (Å²) in [6.45, 7) is 4.50. The summed E-state index contributed by atoms with van der Waals surface area (Å²) in [4.78, 5) is 40.6. The van der Waals surface area contributed by atoms with Gasteiger partial charge >= 0.3 is 5.97 Å². The number of likely N-dealkylation sites (tertiary alicyclic amines) is 1. The minimum atomic E-state index is -2.03. The van der Waals surface area contributed by atoms with Gasteiger partial charge in [-0.15, -0.1) is 0 Å². The smallest absolute Gasteiger partial charge is 0.327 e. The second-order valence-electron chi connectivity index (χ2n) is 9.90. The second kappa shape index (κ2) is 8.98. The highest BCUT2D eigenvalue weighted by Crippen LogP contribution is 2.52. The van der Waals surface area contributed by atoms with E-state index in [1.807, 2.05) is 30.3 Å². The molecule has 35 heavy (non-hydrogen) atoms. The van der Waals surface area contributed by atoms with E-state index in [4.69, 9.17) is 9.47 Å². The van der Waals surface area contributed by atoms with Gasteiger partial charge in [0.2, 0.25) is 11.8 Å². The van der Waals surface area contributed by atoms with Crippen LogP contribution >= 0.6 is 0 Å². The molecule has 186 valence electrons. The molecular weight excluding hydrogens is 452 g/mol. The van der Waals surface area contributed by atoms with E-state index in [1.165, 1.54) is 7.11 Å². The minimum absolute atomic E-state index is 0.208. The SMILES string of the molecule is COc1cccc(C2NC(CO)(C(=O)O)C3C(=O)N(C(C)(C)C)C(=O)C23)c1OCc1ccccc1. The van der Waals surface area contributed by atoms with Crippen LogP contribution in [0.2, 0.25) is 0 Å². The van der Waals surface area contributed by atoms with Crippen LogP contribution in [-0.2, 0) is 21.0 Å². The maximum Gasteiger partial charge on any atom is 0.327 e. The molecule has 2 saturated heterocycles. The number of fused-ring (bicyclic) bond motifs is 1. The van der Waals surface area contributed by atoms with E-state index in [0.717, 1.165) is 10.5 Å². The molecule has 0 spiro atoms. The van der Waals surface area contributed by atoms with Crippen molar-refractivity contribution in [1.29, 1.82) is 0 Å². The topological polar surface area (TPSA) is 125 Å². The number of hydrogen-bond donors (Lipinski definition) is 3. The minimum Gasteiger partial charge on any atom is -0.493 e. The fraction of sp³-hybridized carbons (Fsp3) is 0.423. The summed E-state index contributed by atoms with van der Waals surface area (Å²) in [5, 5.41) is 23.3. The number of rotatable bonds is 7. The molecule has 4 atom stereocenters. The number of carbonyl (C=O) groups is 3.